The molecule has 0 aliphatic heterocycles. The number of aromatic nitrogens is 2. The van der Waals surface area contributed by atoms with Crippen LogP contribution < -0.4 is 5.32 Å². The van der Waals surface area contributed by atoms with E-state index < -0.39 is 0 Å². The van der Waals surface area contributed by atoms with Crippen LogP contribution in [0.25, 0.3) is 10.6 Å². The fraction of sp³-hybridized carbons (Fsp3) is 0.211. The van der Waals surface area contributed by atoms with E-state index in [1.807, 2.05) is 17.5 Å². The summed E-state index contributed by atoms with van der Waals surface area (Å²) >= 11 is 3.16. The van der Waals surface area contributed by atoms with E-state index in [0.717, 1.165) is 17.1 Å². The number of nitrogens with one attached hydrogen (secondary N) is 1. The van der Waals surface area contributed by atoms with E-state index in [0.29, 0.717) is 22.2 Å². The van der Waals surface area contributed by atoms with Gasteiger partial charge in [0.25, 0.3) is 0 Å². The number of nitrogens with zero attached hydrogens (tertiary/aromatic N) is 3. The first-order chi connectivity index (χ1) is 12.2. The van der Waals surface area contributed by atoms with Gasteiger partial charge in [0, 0.05) is 12.8 Å². The lowest BCUT2D eigenvalue weighted by Gasteiger charge is -2.10. The number of hydrogen-bond acceptors (Lipinski definition) is 6. The zero-order chi connectivity index (χ0) is 17.6. The minimum absolute atomic E-state index is 0.488. The van der Waals surface area contributed by atoms with Gasteiger partial charge in [-0.3, -0.25) is 0 Å². The molecule has 3 rings (SSSR count). The number of nitriles is 1. The number of aryl methyl sites for hydroxylation is 1. The third-order valence-corrected chi connectivity index (χ3v) is 5.55. The Hall–Kier alpha value is -2.36. The first-order valence-electron chi connectivity index (χ1n) is 7.99. The van der Waals surface area contributed by atoms with Crippen molar-refractivity contribution in [3.63, 3.8) is 0 Å². The Balaban J connectivity index is 1.91. The second-order valence-corrected chi connectivity index (χ2v) is 7.27. The largest absolute Gasteiger partial charge is 0.372 e. The average molecular weight is 367 g/mol. The number of rotatable bonds is 6. The van der Waals surface area contributed by atoms with Crippen molar-refractivity contribution in [2.24, 2.45) is 0 Å². The van der Waals surface area contributed by atoms with Crippen LogP contribution in [0, 0.1) is 11.3 Å². The zero-order valence-corrected chi connectivity index (χ0v) is 15.7. The van der Waals surface area contributed by atoms with E-state index in [1.165, 1.54) is 11.1 Å². The first kappa shape index (κ1) is 17.5. The molecule has 0 saturated carbocycles. The molecule has 126 valence electrons. The van der Waals surface area contributed by atoms with Gasteiger partial charge in [-0.15, -0.1) is 11.3 Å². The molecule has 3 aromatic rings. The topological polar surface area (TPSA) is 61.6 Å². The van der Waals surface area contributed by atoms with Crippen LogP contribution in [0.1, 0.15) is 23.6 Å². The molecule has 0 saturated heterocycles. The van der Waals surface area contributed by atoms with Gasteiger partial charge in [-0.2, -0.15) is 5.26 Å². The van der Waals surface area contributed by atoms with Crippen molar-refractivity contribution < 1.29 is 0 Å². The van der Waals surface area contributed by atoms with Gasteiger partial charge in [-0.25, -0.2) is 9.97 Å². The van der Waals surface area contributed by atoms with Crippen LogP contribution in [0.15, 0.2) is 46.9 Å². The molecule has 2 aromatic heterocycles. The van der Waals surface area contributed by atoms with Crippen molar-refractivity contribution in [1.29, 1.82) is 5.26 Å². The van der Waals surface area contributed by atoms with Crippen LogP contribution in [-0.2, 0) is 12.2 Å². The standard InChI is InChI=1S/C19H18N4S2/c1-3-13-6-4-7-14(10-13)12-25-19-22-17(16-8-5-9-24-16)15(11-20)18(21-2)23-19/h4-10H,3,12H2,1-2H3,(H,21,22,23). The molecule has 25 heavy (non-hydrogen) atoms. The normalized spacial score (nSPS) is 10.4. The molecule has 0 spiro atoms. The molecular weight excluding hydrogens is 348 g/mol. The average Bonchev–Trinajstić information content (AvgIpc) is 3.20. The van der Waals surface area contributed by atoms with Gasteiger partial charge in [0.15, 0.2) is 5.16 Å². The molecular formula is C19H18N4S2. The van der Waals surface area contributed by atoms with Crippen LogP contribution in [-0.4, -0.2) is 17.0 Å². The fourth-order valence-corrected chi connectivity index (χ4v) is 3.98. The Morgan fingerprint density at radius 1 is 1.20 bits per heavy atom. The maximum atomic E-state index is 9.51. The number of hydrogen-bond donors (Lipinski definition) is 1. The summed E-state index contributed by atoms with van der Waals surface area (Å²) in [5.74, 6) is 1.37. The molecule has 1 aromatic carbocycles. The van der Waals surface area contributed by atoms with Crippen LogP contribution in [0.4, 0.5) is 5.82 Å². The minimum atomic E-state index is 0.488. The van der Waals surface area contributed by atoms with E-state index >= 15 is 0 Å². The van der Waals surface area contributed by atoms with Crippen molar-refractivity contribution in [2.75, 3.05) is 12.4 Å². The number of anilines is 1. The summed E-state index contributed by atoms with van der Waals surface area (Å²) in [6, 6.07) is 14.7. The predicted molar refractivity (Wildman–Crippen MR) is 105 cm³/mol. The van der Waals surface area contributed by atoms with Gasteiger partial charge in [0.05, 0.1) is 4.88 Å². The molecule has 0 unspecified atom stereocenters. The molecule has 0 atom stereocenters. The molecule has 0 radical (unpaired) electrons. The lowest BCUT2D eigenvalue weighted by Crippen LogP contribution is -2.02. The molecule has 0 bridgehead atoms. The summed E-state index contributed by atoms with van der Waals surface area (Å²) in [6.45, 7) is 2.16. The Morgan fingerprint density at radius 3 is 2.72 bits per heavy atom. The zero-order valence-electron chi connectivity index (χ0n) is 14.1. The number of benzene rings is 1. The second-order valence-electron chi connectivity index (χ2n) is 5.38. The minimum Gasteiger partial charge on any atom is -0.372 e. The Morgan fingerprint density at radius 2 is 2.04 bits per heavy atom. The molecule has 0 aliphatic carbocycles. The summed E-state index contributed by atoms with van der Waals surface area (Å²) < 4.78 is 0. The van der Waals surface area contributed by atoms with Gasteiger partial charge in [-0.05, 0) is 29.0 Å². The highest BCUT2D eigenvalue weighted by atomic mass is 32.2. The van der Waals surface area contributed by atoms with Gasteiger partial charge in [0.2, 0.25) is 0 Å². The summed E-state index contributed by atoms with van der Waals surface area (Å²) in [7, 11) is 1.78. The number of thiophene rings is 1. The predicted octanol–water partition coefficient (Wildman–Crippen LogP) is 4.97. The molecule has 2 heterocycles. The number of thioether (sulfide) groups is 1. The van der Waals surface area contributed by atoms with Crippen molar-refractivity contribution in [2.45, 2.75) is 24.3 Å². The van der Waals surface area contributed by atoms with Gasteiger partial charge >= 0.3 is 0 Å². The van der Waals surface area contributed by atoms with Crippen molar-refractivity contribution in [1.82, 2.24) is 9.97 Å². The van der Waals surface area contributed by atoms with E-state index in [2.05, 4.69) is 52.5 Å². The molecule has 6 heteroatoms. The molecule has 0 fully saturated rings. The van der Waals surface area contributed by atoms with Crippen LogP contribution >= 0.6 is 23.1 Å². The summed E-state index contributed by atoms with van der Waals surface area (Å²) in [6.07, 6.45) is 1.03. The lowest BCUT2D eigenvalue weighted by atomic mass is 10.1. The summed E-state index contributed by atoms with van der Waals surface area (Å²) in [5, 5.41) is 15.2. The lowest BCUT2D eigenvalue weighted by molar-refractivity contribution is 0.969. The SMILES string of the molecule is CCc1cccc(CSc2nc(NC)c(C#N)c(-c3cccs3)n2)c1. The van der Waals surface area contributed by atoms with E-state index in [1.54, 1.807) is 30.1 Å². The summed E-state index contributed by atoms with van der Waals surface area (Å²) in [5.41, 5.74) is 3.76. The quantitative estimate of drug-likeness (QED) is 0.493. The Bertz CT molecular complexity index is 898. The Kier molecular flexibility index (Phi) is 5.69. The van der Waals surface area contributed by atoms with E-state index in [4.69, 9.17) is 0 Å². The van der Waals surface area contributed by atoms with Crippen LogP contribution in [0.5, 0.6) is 0 Å². The maximum Gasteiger partial charge on any atom is 0.190 e. The summed E-state index contributed by atoms with van der Waals surface area (Å²) in [4.78, 5) is 10.1. The highest BCUT2D eigenvalue weighted by Gasteiger charge is 2.16. The van der Waals surface area contributed by atoms with Gasteiger partial charge in [-0.1, -0.05) is 49.0 Å². The highest BCUT2D eigenvalue weighted by molar-refractivity contribution is 7.98. The molecule has 0 amide bonds. The molecule has 0 aliphatic rings. The third-order valence-electron chi connectivity index (χ3n) is 3.76. The van der Waals surface area contributed by atoms with E-state index in [-0.39, 0.29) is 0 Å². The van der Waals surface area contributed by atoms with Crippen LogP contribution in [0.2, 0.25) is 0 Å². The smallest absolute Gasteiger partial charge is 0.190 e. The van der Waals surface area contributed by atoms with Crippen LogP contribution in [0.3, 0.4) is 0 Å². The van der Waals surface area contributed by atoms with E-state index in [9.17, 15) is 5.26 Å². The molecule has 4 nitrogen and oxygen atoms in total. The third kappa shape index (κ3) is 4.01. The van der Waals surface area contributed by atoms with Crippen molar-refractivity contribution in [3.8, 4) is 16.6 Å². The Labute approximate surface area is 156 Å². The second kappa shape index (κ2) is 8.15. The fourth-order valence-electron chi connectivity index (χ4n) is 2.47. The monoisotopic (exact) mass is 366 g/mol. The van der Waals surface area contributed by atoms with Gasteiger partial charge < -0.3 is 5.32 Å². The van der Waals surface area contributed by atoms with Crippen molar-refractivity contribution in [3.05, 3.63) is 58.5 Å². The maximum absolute atomic E-state index is 9.51. The molecule has 1 N–H and O–H groups in total. The van der Waals surface area contributed by atoms with Crippen molar-refractivity contribution >= 4 is 28.9 Å². The first-order valence-corrected chi connectivity index (χ1v) is 9.86. The highest BCUT2D eigenvalue weighted by Crippen LogP contribution is 2.32. The van der Waals surface area contributed by atoms with Gasteiger partial charge in [0.1, 0.15) is 23.1 Å².